The fraction of sp³-hybridized carbons (Fsp3) is 0.133. The van der Waals surface area contributed by atoms with Crippen molar-refractivity contribution in [2.24, 2.45) is 0 Å². The molecule has 0 aliphatic rings. The number of ketones is 1. The number of benzene rings is 1. The minimum absolute atomic E-state index is 0.0713. The van der Waals surface area contributed by atoms with E-state index in [4.69, 9.17) is 5.73 Å². The lowest BCUT2D eigenvalue weighted by atomic mass is 10.1. The minimum atomic E-state index is -0.506. The van der Waals surface area contributed by atoms with E-state index in [0.29, 0.717) is 21.9 Å². The molecule has 3 aromatic rings. The van der Waals surface area contributed by atoms with E-state index in [1.807, 2.05) is 0 Å². The summed E-state index contributed by atoms with van der Waals surface area (Å²) in [7, 11) is 0. The first-order valence-electron chi connectivity index (χ1n) is 6.49. The highest BCUT2D eigenvalue weighted by Gasteiger charge is 2.14. The number of nitrogens with two attached hydrogens (primary N) is 1. The Morgan fingerprint density at radius 2 is 2.23 bits per heavy atom. The normalized spacial score (nSPS) is 11.0. The summed E-state index contributed by atoms with van der Waals surface area (Å²) in [6.07, 6.45) is 1.57. The fourth-order valence-electron chi connectivity index (χ4n) is 2.33. The van der Waals surface area contributed by atoms with Crippen LogP contribution in [0.4, 0.5) is 9.52 Å². The molecule has 22 heavy (non-hydrogen) atoms. The number of fused-ring (bicyclic) bond motifs is 1. The molecule has 0 aliphatic heterocycles. The van der Waals surface area contributed by atoms with Crippen molar-refractivity contribution in [3.63, 3.8) is 0 Å². The van der Waals surface area contributed by atoms with Crippen molar-refractivity contribution in [1.29, 1.82) is 0 Å². The van der Waals surface area contributed by atoms with Crippen molar-refractivity contribution in [3.8, 4) is 11.3 Å². The zero-order chi connectivity index (χ0) is 15.9. The first kappa shape index (κ1) is 14.4. The van der Waals surface area contributed by atoms with Crippen molar-refractivity contribution >= 4 is 33.2 Å². The summed E-state index contributed by atoms with van der Waals surface area (Å²) >= 11 is 1.21. The van der Waals surface area contributed by atoms with Crippen LogP contribution in [0.1, 0.15) is 6.92 Å². The SMILES string of the molecule is CC(=O)Cn1cc(-c2csc(N)n2)c(=O)c2cc(F)ccc21. The Morgan fingerprint density at radius 3 is 2.86 bits per heavy atom. The quantitative estimate of drug-likeness (QED) is 0.805. The average Bonchev–Trinajstić information content (AvgIpc) is 2.88. The smallest absolute Gasteiger partial charge is 0.198 e. The lowest BCUT2D eigenvalue weighted by Crippen LogP contribution is -2.15. The zero-order valence-corrected chi connectivity index (χ0v) is 12.5. The number of carbonyl (C=O) groups is 1. The molecule has 3 rings (SSSR count). The average molecular weight is 317 g/mol. The number of halogens is 1. The largest absolute Gasteiger partial charge is 0.375 e. The maximum atomic E-state index is 13.5. The number of rotatable bonds is 3. The number of nitrogen functional groups attached to an aromatic ring is 1. The van der Waals surface area contributed by atoms with Crippen molar-refractivity contribution in [3.05, 3.63) is 45.8 Å². The summed E-state index contributed by atoms with van der Waals surface area (Å²) in [6.45, 7) is 1.54. The molecule has 112 valence electrons. The highest BCUT2D eigenvalue weighted by molar-refractivity contribution is 7.13. The second-order valence-electron chi connectivity index (χ2n) is 4.93. The number of thiazole rings is 1. The first-order valence-corrected chi connectivity index (χ1v) is 7.37. The van der Waals surface area contributed by atoms with Crippen LogP contribution >= 0.6 is 11.3 Å². The lowest BCUT2D eigenvalue weighted by Gasteiger charge is -2.11. The van der Waals surface area contributed by atoms with Crippen LogP contribution in [0.3, 0.4) is 0 Å². The number of carbonyl (C=O) groups excluding carboxylic acids is 1. The van der Waals surface area contributed by atoms with Gasteiger partial charge in [-0.15, -0.1) is 11.3 Å². The summed E-state index contributed by atoms with van der Waals surface area (Å²) < 4.78 is 15.1. The third-order valence-corrected chi connectivity index (χ3v) is 3.91. The topological polar surface area (TPSA) is 78.0 Å². The molecule has 2 heterocycles. The highest BCUT2D eigenvalue weighted by atomic mass is 32.1. The van der Waals surface area contributed by atoms with Gasteiger partial charge < -0.3 is 10.3 Å². The molecule has 0 fully saturated rings. The summed E-state index contributed by atoms with van der Waals surface area (Å²) in [6, 6.07) is 3.93. The number of nitrogens with zero attached hydrogens (tertiary/aromatic N) is 2. The Hall–Kier alpha value is -2.54. The minimum Gasteiger partial charge on any atom is -0.375 e. The third kappa shape index (κ3) is 2.50. The molecule has 1 aromatic carbocycles. The predicted octanol–water partition coefficient (Wildman–Crippen LogP) is 2.44. The molecule has 0 amide bonds. The second kappa shape index (κ2) is 5.34. The number of aromatic nitrogens is 2. The molecular formula is C15H12FN3O2S. The van der Waals surface area contributed by atoms with Gasteiger partial charge in [0.25, 0.3) is 0 Å². The number of pyridine rings is 1. The monoisotopic (exact) mass is 317 g/mol. The van der Waals surface area contributed by atoms with E-state index in [2.05, 4.69) is 4.98 Å². The van der Waals surface area contributed by atoms with Crippen molar-refractivity contribution in [1.82, 2.24) is 9.55 Å². The molecular weight excluding hydrogens is 305 g/mol. The standard InChI is InChI=1S/C15H12FN3O2S/c1-8(20)5-19-6-11(12-7-22-15(17)18-12)14(21)10-4-9(16)2-3-13(10)19/h2-4,6-7H,5H2,1H3,(H2,17,18). The van der Waals surface area contributed by atoms with Gasteiger partial charge in [0.1, 0.15) is 11.6 Å². The van der Waals surface area contributed by atoms with Gasteiger partial charge >= 0.3 is 0 Å². The van der Waals surface area contributed by atoms with E-state index in [-0.39, 0.29) is 23.1 Å². The van der Waals surface area contributed by atoms with Crippen LogP contribution in [-0.4, -0.2) is 15.3 Å². The number of hydrogen-bond acceptors (Lipinski definition) is 5. The Labute approximate surface area is 128 Å². The maximum absolute atomic E-state index is 13.5. The van der Waals surface area contributed by atoms with Crippen molar-refractivity contribution in [2.75, 3.05) is 5.73 Å². The zero-order valence-electron chi connectivity index (χ0n) is 11.7. The van der Waals surface area contributed by atoms with Gasteiger partial charge in [-0.25, -0.2) is 9.37 Å². The van der Waals surface area contributed by atoms with Crippen LogP contribution < -0.4 is 11.2 Å². The Bertz CT molecular complexity index is 946. The van der Waals surface area contributed by atoms with Gasteiger partial charge in [-0.3, -0.25) is 9.59 Å². The highest BCUT2D eigenvalue weighted by Crippen LogP contribution is 2.23. The van der Waals surface area contributed by atoms with Crippen LogP contribution in [0.5, 0.6) is 0 Å². The molecule has 7 heteroatoms. The Morgan fingerprint density at radius 1 is 1.45 bits per heavy atom. The lowest BCUT2D eigenvalue weighted by molar-refractivity contribution is -0.117. The van der Waals surface area contributed by atoms with Crippen molar-refractivity contribution in [2.45, 2.75) is 13.5 Å². The van der Waals surface area contributed by atoms with E-state index in [1.54, 1.807) is 16.1 Å². The molecule has 0 unspecified atom stereocenters. The van der Waals surface area contributed by atoms with Crippen LogP contribution in [0, 0.1) is 5.82 Å². The molecule has 2 N–H and O–H groups in total. The van der Waals surface area contributed by atoms with Gasteiger partial charge in [-0.05, 0) is 25.1 Å². The molecule has 0 atom stereocenters. The molecule has 5 nitrogen and oxygen atoms in total. The van der Waals surface area contributed by atoms with Gasteiger partial charge in [0, 0.05) is 17.0 Å². The molecule has 0 radical (unpaired) electrons. The number of Topliss-reactive ketones (excluding diaryl/α,β-unsaturated/α-hetero) is 1. The van der Waals surface area contributed by atoms with Gasteiger partial charge in [0.15, 0.2) is 10.6 Å². The van der Waals surface area contributed by atoms with Crippen molar-refractivity contribution < 1.29 is 9.18 Å². The van der Waals surface area contributed by atoms with Gasteiger partial charge in [-0.1, -0.05) is 0 Å². The number of hydrogen-bond donors (Lipinski definition) is 1. The van der Waals surface area contributed by atoms with E-state index >= 15 is 0 Å². The summed E-state index contributed by atoms with van der Waals surface area (Å²) in [5.41, 5.74) is 6.51. The third-order valence-electron chi connectivity index (χ3n) is 3.23. The second-order valence-corrected chi connectivity index (χ2v) is 5.82. The Balaban J connectivity index is 2.35. The van der Waals surface area contributed by atoms with Crippen LogP contribution in [-0.2, 0) is 11.3 Å². The van der Waals surface area contributed by atoms with E-state index in [1.165, 1.54) is 36.5 Å². The van der Waals surface area contributed by atoms with Gasteiger partial charge in [-0.2, -0.15) is 0 Å². The molecule has 2 aromatic heterocycles. The molecule has 0 bridgehead atoms. The van der Waals surface area contributed by atoms with Gasteiger partial charge in [0.05, 0.1) is 23.3 Å². The molecule has 0 saturated carbocycles. The van der Waals surface area contributed by atoms with E-state index in [9.17, 15) is 14.0 Å². The fourth-order valence-corrected chi connectivity index (χ4v) is 2.90. The molecule has 0 saturated heterocycles. The van der Waals surface area contributed by atoms with Crippen LogP contribution in [0.2, 0.25) is 0 Å². The maximum Gasteiger partial charge on any atom is 0.198 e. The predicted molar refractivity (Wildman–Crippen MR) is 84.4 cm³/mol. The molecule has 0 aliphatic carbocycles. The van der Waals surface area contributed by atoms with Gasteiger partial charge in [0.2, 0.25) is 0 Å². The van der Waals surface area contributed by atoms with E-state index in [0.717, 1.165) is 0 Å². The first-order chi connectivity index (χ1) is 10.5. The number of anilines is 1. The Kier molecular flexibility index (Phi) is 3.50. The summed E-state index contributed by atoms with van der Waals surface area (Å²) in [4.78, 5) is 28.1. The summed E-state index contributed by atoms with van der Waals surface area (Å²) in [5, 5.41) is 2.21. The molecule has 0 spiro atoms. The van der Waals surface area contributed by atoms with E-state index < -0.39 is 5.82 Å². The summed E-state index contributed by atoms with van der Waals surface area (Å²) in [5.74, 6) is -0.577. The van der Waals surface area contributed by atoms with Crippen LogP contribution in [0.15, 0.2) is 34.6 Å². The van der Waals surface area contributed by atoms with Crippen LogP contribution in [0.25, 0.3) is 22.2 Å².